The average Bonchev–Trinajstić information content (AvgIpc) is 2.34. The van der Waals surface area contributed by atoms with Crippen molar-refractivity contribution in [2.75, 3.05) is 0 Å². The number of benzene rings is 1. The van der Waals surface area contributed by atoms with E-state index in [0.29, 0.717) is 12.0 Å². The number of amides is 2. The van der Waals surface area contributed by atoms with Crippen LogP contribution in [0.4, 0.5) is 8.78 Å². The van der Waals surface area contributed by atoms with Gasteiger partial charge in [-0.25, -0.2) is 8.78 Å². The van der Waals surface area contributed by atoms with Crippen molar-refractivity contribution in [2.45, 2.75) is 45.3 Å². The molecule has 2 rings (SSSR count). The van der Waals surface area contributed by atoms with Crippen LogP contribution in [-0.2, 0) is 16.1 Å². The third-order valence-corrected chi connectivity index (χ3v) is 3.57. The normalized spacial score (nSPS) is 21.4. The van der Waals surface area contributed by atoms with Crippen molar-refractivity contribution in [3.8, 4) is 0 Å². The second-order valence-electron chi connectivity index (χ2n) is 5.75. The molecule has 1 N–H and O–H groups in total. The predicted octanol–water partition coefficient (Wildman–Crippen LogP) is 1.98. The lowest BCUT2D eigenvalue weighted by Crippen LogP contribution is -2.67. The number of rotatable bonds is 3. The molecule has 1 heterocycles. The van der Waals surface area contributed by atoms with E-state index in [1.165, 1.54) is 17.0 Å². The van der Waals surface area contributed by atoms with Crippen LogP contribution in [0.15, 0.2) is 18.2 Å². The molecule has 0 aliphatic carbocycles. The fourth-order valence-corrected chi connectivity index (χ4v) is 2.57. The van der Waals surface area contributed by atoms with Crippen LogP contribution in [0.3, 0.4) is 0 Å². The summed E-state index contributed by atoms with van der Waals surface area (Å²) in [5, 5.41) is 2.67. The first-order valence-corrected chi connectivity index (χ1v) is 6.82. The Kier molecular flexibility index (Phi) is 3.98. The molecule has 4 nitrogen and oxygen atoms in total. The Hall–Kier alpha value is -1.98. The molecule has 1 aliphatic rings. The van der Waals surface area contributed by atoms with Gasteiger partial charge in [-0.3, -0.25) is 9.59 Å². The van der Waals surface area contributed by atoms with Crippen LogP contribution in [0.5, 0.6) is 0 Å². The number of piperazine rings is 1. The van der Waals surface area contributed by atoms with E-state index in [1.807, 2.05) is 0 Å². The Morgan fingerprint density at radius 3 is 2.29 bits per heavy atom. The number of halogens is 2. The van der Waals surface area contributed by atoms with Gasteiger partial charge in [-0.15, -0.1) is 0 Å². The highest BCUT2D eigenvalue weighted by Crippen LogP contribution is 2.23. The molecular weight excluding hydrogens is 278 g/mol. The summed E-state index contributed by atoms with van der Waals surface area (Å²) in [6.07, 6.45) is 0.436. The van der Waals surface area contributed by atoms with E-state index in [9.17, 15) is 18.4 Å². The quantitative estimate of drug-likeness (QED) is 0.927. The maximum atomic E-state index is 13.3. The minimum Gasteiger partial charge on any atom is -0.340 e. The molecule has 1 saturated heterocycles. The van der Waals surface area contributed by atoms with Gasteiger partial charge in [-0.1, -0.05) is 6.92 Å². The van der Waals surface area contributed by atoms with E-state index in [0.717, 1.165) is 6.07 Å². The third kappa shape index (κ3) is 3.04. The highest BCUT2D eigenvalue weighted by molar-refractivity contribution is 5.99. The highest BCUT2D eigenvalue weighted by Gasteiger charge is 2.44. The van der Waals surface area contributed by atoms with E-state index in [4.69, 9.17) is 0 Å². The van der Waals surface area contributed by atoms with Crippen LogP contribution >= 0.6 is 0 Å². The molecule has 6 heteroatoms. The summed E-state index contributed by atoms with van der Waals surface area (Å²) >= 11 is 0. The van der Waals surface area contributed by atoms with E-state index < -0.39 is 23.2 Å². The molecule has 0 radical (unpaired) electrons. The Morgan fingerprint density at radius 1 is 1.19 bits per heavy atom. The van der Waals surface area contributed by atoms with Crippen molar-refractivity contribution in [3.63, 3.8) is 0 Å². The minimum absolute atomic E-state index is 0.00285. The van der Waals surface area contributed by atoms with Gasteiger partial charge < -0.3 is 10.2 Å². The molecule has 1 aromatic rings. The maximum absolute atomic E-state index is 13.3. The molecule has 1 unspecified atom stereocenters. The topological polar surface area (TPSA) is 49.4 Å². The summed E-state index contributed by atoms with van der Waals surface area (Å²) in [7, 11) is 0. The van der Waals surface area contributed by atoms with Crippen LogP contribution < -0.4 is 5.32 Å². The Morgan fingerprint density at radius 2 is 1.76 bits per heavy atom. The standard InChI is InChI=1S/C15H18F2N2O2/c1-4-12-13(20)18-15(2,3)14(21)19(12)8-9-5-10(16)7-11(17)6-9/h5-7,12H,4,8H2,1-3H3,(H,18,20). The number of hydrogen-bond donors (Lipinski definition) is 1. The van der Waals surface area contributed by atoms with E-state index in [2.05, 4.69) is 5.32 Å². The van der Waals surface area contributed by atoms with Crippen molar-refractivity contribution in [3.05, 3.63) is 35.4 Å². The second kappa shape index (κ2) is 5.42. The van der Waals surface area contributed by atoms with Gasteiger partial charge in [0, 0.05) is 12.6 Å². The van der Waals surface area contributed by atoms with Gasteiger partial charge in [-0.2, -0.15) is 0 Å². The molecule has 1 aromatic carbocycles. The second-order valence-corrected chi connectivity index (χ2v) is 5.75. The van der Waals surface area contributed by atoms with Crippen LogP contribution in [0.1, 0.15) is 32.8 Å². The first-order chi connectivity index (χ1) is 9.74. The molecule has 0 bridgehead atoms. The lowest BCUT2D eigenvalue weighted by atomic mass is 9.95. The van der Waals surface area contributed by atoms with Crippen molar-refractivity contribution >= 4 is 11.8 Å². The molecule has 0 spiro atoms. The molecular formula is C15H18F2N2O2. The number of carbonyl (C=O) groups is 2. The maximum Gasteiger partial charge on any atom is 0.248 e. The first kappa shape index (κ1) is 15.4. The molecule has 2 amide bonds. The van der Waals surface area contributed by atoms with Crippen LogP contribution in [0.25, 0.3) is 0 Å². The predicted molar refractivity (Wildman–Crippen MR) is 73.2 cm³/mol. The van der Waals surface area contributed by atoms with Gasteiger partial charge in [0.05, 0.1) is 0 Å². The zero-order chi connectivity index (χ0) is 15.8. The molecule has 21 heavy (non-hydrogen) atoms. The average molecular weight is 296 g/mol. The lowest BCUT2D eigenvalue weighted by molar-refractivity contribution is -0.154. The zero-order valence-electron chi connectivity index (χ0n) is 12.2. The molecule has 0 aromatic heterocycles. The van der Waals surface area contributed by atoms with Crippen LogP contribution in [-0.4, -0.2) is 28.3 Å². The Labute approximate surface area is 122 Å². The van der Waals surface area contributed by atoms with Crippen molar-refractivity contribution < 1.29 is 18.4 Å². The summed E-state index contributed by atoms with van der Waals surface area (Å²) in [6.45, 7) is 5.01. The van der Waals surface area contributed by atoms with Crippen molar-refractivity contribution in [1.29, 1.82) is 0 Å². The number of carbonyl (C=O) groups excluding carboxylic acids is 2. The summed E-state index contributed by atoms with van der Waals surface area (Å²) in [6, 6.07) is 2.48. The van der Waals surface area contributed by atoms with Gasteiger partial charge in [0.2, 0.25) is 11.8 Å². The van der Waals surface area contributed by atoms with Gasteiger partial charge in [0.1, 0.15) is 23.2 Å². The number of nitrogens with zero attached hydrogens (tertiary/aromatic N) is 1. The third-order valence-electron chi connectivity index (χ3n) is 3.57. The molecule has 114 valence electrons. The fourth-order valence-electron chi connectivity index (χ4n) is 2.57. The van der Waals surface area contributed by atoms with E-state index in [-0.39, 0.29) is 18.4 Å². The van der Waals surface area contributed by atoms with Gasteiger partial charge in [0.15, 0.2) is 0 Å². The highest BCUT2D eigenvalue weighted by atomic mass is 19.1. The Balaban J connectivity index is 2.33. The number of nitrogens with one attached hydrogen (secondary N) is 1. The molecule has 1 fully saturated rings. The summed E-state index contributed by atoms with van der Waals surface area (Å²) in [5.41, 5.74) is -0.695. The fraction of sp³-hybridized carbons (Fsp3) is 0.467. The largest absolute Gasteiger partial charge is 0.340 e. The van der Waals surface area contributed by atoms with Crippen LogP contribution in [0.2, 0.25) is 0 Å². The molecule has 0 saturated carbocycles. The van der Waals surface area contributed by atoms with Crippen molar-refractivity contribution in [1.82, 2.24) is 10.2 Å². The lowest BCUT2D eigenvalue weighted by Gasteiger charge is -2.42. The van der Waals surface area contributed by atoms with Crippen LogP contribution in [0, 0.1) is 11.6 Å². The van der Waals surface area contributed by atoms with Gasteiger partial charge in [-0.05, 0) is 38.0 Å². The monoisotopic (exact) mass is 296 g/mol. The van der Waals surface area contributed by atoms with Gasteiger partial charge in [0.25, 0.3) is 0 Å². The van der Waals surface area contributed by atoms with Crippen molar-refractivity contribution in [2.24, 2.45) is 0 Å². The summed E-state index contributed by atoms with van der Waals surface area (Å²) < 4.78 is 26.5. The first-order valence-electron chi connectivity index (χ1n) is 6.82. The zero-order valence-corrected chi connectivity index (χ0v) is 12.2. The minimum atomic E-state index is -1.02. The van der Waals surface area contributed by atoms with E-state index in [1.54, 1.807) is 20.8 Å². The SMILES string of the molecule is CCC1C(=O)NC(C)(C)C(=O)N1Cc1cc(F)cc(F)c1. The summed E-state index contributed by atoms with van der Waals surface area (Å²) in [5.74, 6) is -1.92. The molecule has 1 atom stereocenters. The van der Waals surface area contributed by atoms with E-state index >= 15 is 0 Å². The smallest absolute Gasteiger partial charge is 0.248 e. The molecule has 1 aliphatic heterocycles. The summed E-state index contributed by atoms with van der Waals surface area (Å²) in [4.78, 5) is 25.9. The van der Waals surface area contributed by atoms with Gasteiger partial charge >= 0.3 is 0 Å². The number of hydrogen-bond acceptors (Lipinski definition) is 2. The Bertz CT molecular complexity index is 567.